The molecule has 0 aromatic heterocycles. The fourth-order valence-electron chi connectivity index (χ4n) is 4.40. The molecule has 3 amide bonds. The zero-order valence-corrected chi connectivity index (χ0v) is 18.9. The third-order valence-corrected chi connectivity index (χ3v) is 10.5. The molecule has 4 rings (SSSR count). The van der Waals surface area contributed by atoms with Gasteiger partial charge in [-0.2, -0.15) is 0 Å². The molecule has 6 atom stereocenters. The maximum absolute atomic E-state index is 12.9. The Bertz CT molecular complexity index is 848. The second-order valence-electron chi connectivity index (χ2n) is 6.67. The van der Waals surface area contributed by atoms with Gasteiger partial charge in [0.15, 0.2) is 0 Å². The Balaban J connectivity index is 1.73. The number of fused-ring (bicyclic) bond motifs is 5. The van der Waals surface area contributed by atoms with Crippen LogP contribution in [0.3, 0.4) is 0 Å². The van der Waals surface area contributed by atoms with E-state index in [0.29, 0.717) is 4.90 Å². The number of hydrogen-bond acceptors (Lipinski definition) is 3. The van der Waals surface area contributed by atoms with E-state index in [1.165, 1.54) is 6.07 Å². The average molecular weight is 565 g/mol. The molecule has 2 aliphatic carbocycles. The van der Waals surface area contributed by atoms with Crippen molar-refractivity contribution in [2.24, 2.45) is 23.7 Å². The van der Waals surface area contributed by atoms with Crippen molar-refractivity contribution >= 4 is 96.0 Å². The SMILES string of the molecule is O=C(c1cc(Cl)c(Cl)c(Cl)c1Cl)N1C(=O)C2C3CC(C(Br)C3Br)C2C1=O. The fraction of sp³-hybridized carbons (Fsp3) is 0.438. The molecule has 1 aliphatic heterocycles. The highest BCUT2D eigenvalue weighted by molar-refractivity contribution is 9.12. The smallest absolute Gasteiger partial charge is 0.268 e. The van der Waals surface area contributed by atoms with E-state index in [1.807, 2.05) is 0 Å². The van der Waals surface area contributed by atoms with Crippen LogP contribution in [-0.4, -0.2) is 32.3 Å². The molecule has 3 fully saturated rings. The normalized spacial score (nSPS) is 35.4. The Hall–Kier alpha value is 0.150. The van der Waals surface area contributed by atoms with Gasteiger partial charge in [0.2, 0.25) is 11.8 Å². The first-order valence-corrected chi connectivity index (χ1v) is 11.0. The highest BCUT2D eigenvalue weighted by atomic mass is 79.9. The molecule has 6 unspecified atom stereocenters. The minimum absolute atomic E-state index is 0.00753. The first-order valence-electron chi connectivity index (χ1n) is 7.70. The van der Waals surface area contributed by atoms with Crippen molar-refractivity contribution in [1.82, 2.24) is 4.90 Å². The van der Waals surface area contributed by atoms with Crippen LogP contribution < -0.4 is 0 Å². The number of rotatable bonds is 1. The van der Waals surface area contributed by atoms with Gasteiger partial charge in [-0.05, 0) is 24.3 Å². The number of halogens is 6. The summed E-state index contributed by atoms with van der Waals surface area (Å²) in [6.45, 7) is 0. The molecule has 1 heterocycles. The Morgan fingerprint density at radius 1 is 0.923 bits per heavy atom. The van der Waals surface area contributed by atoms with E-state index in [9.17, 15) is 14.4 Å². The molecule has 138 valence electrons. The third kappa shape index (κ3) is 2.49. The fourth-order valence-corrected chi connectivity index (χ4v) is 7.15. The quantitative estimate of drug-likeness (QED) is 0.203. The number of hydrogen-bond donors (Lipinski definition) is 0. The predicted molar refractivity (Wildman–Crippen MR) is 107 cm³/mol. The summed E-state index contributed by atoms with van der Waals surface area (Å²) in [5.41, 5.74) is -0.120. The summed E-state index contributed by atoms with van der Waals surface area (Å²) in [4.78, 5) is 39.6. The van der Waals surface area contributed by atoms with Gasteiger partial charge >= 0.3 is 0 Å². The van der Waals surface area contributed by atoms with Crippen molar-refractivity contribution < 1.29 is 14.4 Å². The van der Waals surface area contributed by atoms with E-state index in [2.05, 4.69) is 31.9 Å². The number of carbonyl (C=O) groups is 3. The minimum Gasteiger partial charge on any atom is -0.274 e. The molecule has 3 aliphatic rings. The zero-order valence-electron chi connectivity index (χ0n) is 12.7. The number of imide groups is 3. The number of nitrogens with zero attached hydrogens (tertiary/aromatic N) is 1. The Morgan fingerprint density at radius 2 is 1.42 bits per heavy atom. The maximum atomic E-state index is 12.9. The first kappa shape index (κ1) is 19.5. The van der Waals surface area contributed by atoms with Crippen LogP contribution in [0.4, 0.5) is 0 Å². The van der Waals surface area contributed by atoms with Crippen molar-refractivity contribution in [1.29, 1.82) is 0 Å². The Kier molecular flexibility index (Phi) is 4.94. The van der Waals surface area contributed by atoms with E-state index < -0.39 is 29.6 Å². The Labute approximate surface area is 185 Å². The predicted octanol–water partition coefficient (Wildman–Crippen LogP) is 5.22. The topological polar surface area (TPSA) is 54.5 Å². The summed E-state index contributed by atoms with van der Waals surface area (Å²) in [6.07, 6.45) is 0.778. The Morgan fingerprint density at radius 3 is 1.92 bits per heavy atom. The summed E-state index contributed by atoms with van der Waals surface area (Å²) in [5.74, 6) is -2.76. The van der Waals surface area contributed by atoms with Gasteiger partial charge in [0.1, 0.15) is 0 Å². The highest BCUT2D eigenvalue weighted by Crippen LogP contribution is 2.60. The van der Waals surface area contributed by atoms with Crippen LogP contribution in [0.15, 0.2) is 6.07 Å². The zero-order chi connectivity index (χ0) is 19.1. The van der Waals surface area contributed by atoms with E-state index in [4.69, 9.17) is 46.4 Å². The van der Waals surface area contributed by atoms with Gasteiger partial charge in [-0.25, -0.2) is 4.90 Å². The van der Waals surface area contributed by atoms with Crippen LogP contribution in [0.5, 0.6) is 0 Å². The number of benzene rings is 1. The summed E-state index contributed by atoms with van der Waals surface area (Å²) >= 11 is 31.2. The lowest BCUT2D eigenvalue weighted by Crippen LogP contribution is -2.38. The number of likely N-dealkylation sites (tertiary alicyclic amines) is 1. The van der Waals surface area contributed by atoms with Crippen LogP contribution in [0.1, 0.15) is 16.8 Å². The maximum Gasteiger partial charge on any atom is 0.268 e. The lowest BCUT2D eigenvalue weighted by molar-refractivity contribution is -0.137. The van der Waals surface area contributed by atoms with E-state index in [0.717, 1.165) is 6.42 Å². The van der Waals surface area contributed by atoms with Crippen molar-refractivity contribution in [3.63, 3.8) is 0 Å². The molecule has 0 spiro atoms. The second kappa shape index (κ2) is 6.60. The van der Waals surface area contributed by atoms with Gasteiger partial charge in [0, 0.05) is 9.65 Å². The number of amides is 3. The molecule has 26 heavy (non-hydrogen) atoms. The van der Waals surface area contributed by atoms with Crippen LogP contribution >= 0.6 is 78.3 Å². The average Bonchev–Trinajstić information content (AvgIpc) is 3.20. The van der Waals surface area contributed by atoms with E-state index in [-0.39, 0.29) is 47.1 Å². The van der Waals surface area contributed by atoms with Crippen LogP contribution in [0.2, 0.25) is 20.1 Å². The molecular weight excluding hydrogens is 556 g/mol. The standard InChI is InChI=1S/C16H9Br2Cl4NO3/c17-9-3-1-4(10(9)18)8-7(3)15(25)23(16(8)26)14(24)5-2-6(19)12(21)13(22)11(5)20/h2-4,7-10H,1H2. The van der Waals surface area contributed by atoms with Crippen molar-refractivity contribution in [2.75, 3.05) is 0 Å². The molecule has 1 aromatic rings. The van der Waals surface area contributed by atoms with Gasteiger partial charge in [-0.15, -0.1) is 0 Å². The molecule has 4 nitrogen and oxygen atoms in total. The minimum atomic E-state index is -0.823. The summed E-state index contributed by atoms with van der Waals surface area (Å²) in [7, 11) is 0. The monoisotopic (exact) mass is 561 g/mol. The van der Waals surface area contributed by atoms with Crippen LogP contribution in [-0.2, 0) is 9.59 Å². The van der Waals surface area contributed by atoms with Crippen molar-refractivity contribution in [3.05, 3.63) is 31.7 Å². The largest absolute Gasteiger partial charge is 0.274 e. The first-order chi connectivity index (χ1) is 12.2. The lowest BCUT2D eigenvalue weighted by Gasteiger charge is -2.28. The molecule has 1 aromatic carbocycles. The number of carbonyl (C=O) groups excluding carboxylic acids is 3. The van der Waals surface area contributed by atoms with Gasteiger partial charge in [-0.3, -0.25) is 14.4 Å². The second-order valence-corrected chi connectivity index (χ2v) is 10.3. The molecule has 2 saturated carbocycles. The molecule has 0 N–H and O–H groups in total. The van der Waals surface area contributed by atoms with E-state index >= 15 is 0 Å². The van der Waals surface area contributed by atoms with Crippen molar-refractivity contribution in [2.45, 2.75) is 16.1 Å². The molecule has 10 heteroatoms. The lowest BCUT2D eigenvalue weighted by atomic mass is 9.81. The summed E-state index contributed by atoms with van der Waals surface area (Å²) in [6, 6.07) is 1.23. The van der Waals surface area contributed by atoms with E-state index in [1.54, 1.807) is 0 Å². The van der Waals surface area contributed by atoms with Gasteiger partial charge in [0.25, 0.3) is 5.91 Å². The molecule has 2 bridgehead atoms. The highest BCUT2D eigenvalue weighted by Gasteiger charge is 2.67. The molecule has 0 radical (unpaired) electrons. The van der Waals surface area contributed by atoms with Crippen LogP contribution in [0.25, 0.3) is 0 Å². The van der Waals surface area contributed by atoms with Gasteiger partial charge < -0.3 is 0 Å². The number of alkyl halides is 2. The molecule has 1 saturated heterocycles. The van der Waals surface area contributed by atoms with Crippen molar-refractivity contribution in [3.8, 4) is 0 Å². The summed E-state index contributed by atoms with van der Waals surface area (Å²) < 4.78 is 0. The third-order valence-electron chi connectivity index (χ3n) is 5.52. The molecular formula is C16H9Br2Cl4NO3. The van der Waals surface area contributed by atoms with Gasteiger partial charge in [-0.1, -0.05) is 78.3 Å². The van der Waals surface area contributed by atoms with Gasteiger partial charge in [0.05, 0.1) is 37.5 Å². The van der Waals surface area contributed by atoms with Crippen LogP contribution in [0, 0.1) is 23.7 Å². The summed E-state index contributed by atoms with van der Waals surface area (Å²) in [5, 5.41) is -0.203.